The number of anilines is 1. The number of nitrogens with zero attached hydrogens (tertiary/aromatic N) is 1. The van der Waals surface area contributed by atoms with Crippen LogP contribution in [0.4, 0.5) is 10.5 Å². The fourth-order valence-electron chi connectivity index (χ4n) is 4.44. The van der Waals surface area contributed by atoms with Gasteiger partial charge in [-0.05, 0) is 43.2 Å². The number of urea groups is 1. The van der Waals surface area contributed by atoms with E-state index in [4.69, 9.17) is 0 Å². The third-order valence-corrected chi connectivity index (χ3v) is 5.68. The number of hydrogen-bond acceptors (Lipinski definition) is 3. The molecule has 130 valence electrons. The molecule has 1 saturated carbocycles. The highest BCUT2D eigenvalue weighted by molar-refractivity contribution is 6.06. The lowest BCUT2D eigenvalue weighted by atomic mass is 9.85. The molecule has 1 saturated heterocycles. The van der Waals surface area contributed by atoms with Gasteiger partial charge in [-0.1, -0.05) is 30.4 Å². The summed E-state index contributed by atoms with van der Waals surface area (Å²) in [7, 11) is 0. The van der Waals surface area contributed by atoms with Crippen LogP contribution in [0, 0.1) is 37.5 Å². The van der Waals surface area contributed by atoms with Crippen molar-refractivity contribution in [3.8, 4) is 0 Å². The quantitative estimate of drug-likeness (QED) is 0.654. The van der Waals surface area contributed by atoms with E-state index < -0.39 is 6.03 Å². The lowest BCUT2D eigenvalue weighted by molar-refractivity contribution is -0.140. The first kappa shape index (κ1) is 15.9. The third-order valence-electron chi connectivity index (χ3n) is 5.68. The van der Waals surface area contributed by atoms with E-state index in [0.29, 0.717) is 0 Å². The number of likely N-dealkylation sites (tertiary alicyclic amines) is 1. The summed E-state index contributed by atoms with van der Waals surface area (Å²) in [5, 5.41) is 5.44. The summed E-state index contributed by atoms with van der Waals surface area (Å²) >= 11 is 0. The van der Waals surface area contributed by atoms with Gasteiger partial charge in [0.1, 0.15) is 6.67 Å². The second-order valence-electron chi connectivity index (χ2n) is 7.16. The van der Waals surface area contributed by atoms with E-state index in [1.54, 1.807) is 0 Å². The Labute approximate surface area is 146 Å². The number of amides is 4. The average molecular weight is 339 g/mol. The van der Waals surface area contributed by atoms with Crippen molar-refractivity contribution in [2.24, 2.45) is 23.7 Å². The number of imide groups is 1. The molecule has 6 nitrogen and oxygen atoms in total. The molecule has 4 rings (SSSR count). The van der Waals surface area contributed by atoms with Crippen LogP contribution in [0.5, 0.6) is 0 Å². The zero-order chi connectivity index (χ0) is 17.7. The third kappa shape index (κ3) is 2.44. The summed E-state index contributed by atoms with van der Waals surface area (Å²) in [5.41, 5.74) is 2.67. The summed E-state index contributed by atoms with van der Waals surface area (Å²) in [4.78, 5) is 38.5. The molecular weight excluding hydrogens is 318 g/mol. The van der Waals surface area contributed by atoms with Gasteiger partial charge in [0.25, 0.3) is 0 Å². The Morgan fingerprint density at radius 2 is 1.64 bits per heavy atom. The molecule has 3 aliphatic rings. The van der Waals surface area contributed by atoms with E-state index in [2.05, 4.69) is 22.8 Å². The van der Waals surface area contributed by atoms with Crippen molar-refractivity contribution >= 4 is 23.5 Å². The molecule has 6 heteroatoms. The van der Waals surface area contributed by atoms with Crippen LogP contribution in [-0.2, 0) is 9.59 Å². The molecule has 4 atom stereocenters. The number of para-hydroxylation sites is 1. The average Bonchev–Trinajstić information content (AvgIpc) is 3.24. The van der Waals surface area contributed by atoms with Gasteiger partial charge in [0.15, 0.2) is 0 Å². The van der Waals surface area contributed by atoms with E-state index in [1.165, 1.54) is 4.90 Å². The number of carbonyl (C=O) groups excluding carboxylic acids is 3. The molecule has 1 heterocycles. The molecule has 2 fully saturated rings. The van der Waals surface area contributed by atoms with Gasteiger partial charge in [-0.3, -0.25) is 14.5 Å². The van der Waals surface area contributed by atoms with Crippen molar-refractivity contribution in [2.75, 3.05) is 12.0 Å². The predicted molar refractivity (Wildman–Crippen MR) is 92.5 cm³/mol. The topological polar surface area (TPSA) is 78.5 Å². The Bertz CT molecular complexity index is 751. The van der Waals surface area contributed by atoms with E-state index in [1.807, 2.05) is 32.0 Å². The van der Waals surface area contributed by atoms with Crippen molar-refractivity contribution in [3.63, 3.8) is 0 Å². The number of hydrogen-bond donors (Lipinski definition) is 2. The first-order valence-electron chi connectivity index (χ1n) is 8.62. The fourth-order valence-corrected chi connectivity index (χ4v) is 4.44. The van der Waals surface area contributed by atoms with Gasteiger partial charge in [-0.2, -0.15) is 0 Å². The first-order chi connectivity index (χ1) is 12.0. The van der Waals surface area contributed by atoms with E-state index in [9.17, 15) is 14.4 Å². The van der Waals surface area contributed by atoms with Crippen molar-refractivity contribution in [3.05, 3.63) is 41.5 Å². The minimum Gasteiger partial charge on any atom is -0.320 e. The van der Waals surface area contributed by atoms with Crippen LogP contribution < -0.4 is 10.6 Å². The van der Waals surface area contributed by atoms with Crippen molar-refractivity contribution in [1.82, 2.24) is 10.2 Å². The van der Waals surface area contributed by atoms with E-state index >= 15 is 0 Å². The number of aryl methyl sites for hydroxylation is 2. The number of fused-ring (bicyclic) bond motifs is 5. The normalized spacial score (nSPS) is 29.3. The maximum Gasteiger partial charge on any atom is 0.320 e. The highest BCUT2D eigenvalue weighted by Gasteiger charge is 2.59. The van der Waals surface area contributed by atoms with Crippen LogP contribution in [0.3, 0.4) is 0 Å². The highest BCUT2D eigenvalue weighted by atomic mass is 16.2. The number of allylic oxidation sites excluding steroid dienone is 2. The minimum atomic E-state index is -0.420. The molecule has 0 spiro atoms. The van der Waals surface area contributed by atoms with E-state index in [0.717, 1.165) is 23.2 Å². The summed E-state index contributed by atoms with van der Waals surface area (Å²) < 4.78 is 0. The zero-order valence-electron chi connectivity index (χ0n) is 14.3. The van der Waals surface area contributed by atoms with Gasteiger partial charge < -0.3 is 10.6 Å². The summed E-state index contributed by atoms with van der Waals surface area (Å²) in [6.45, 7) is 3.75. The molecule has 1 aromatic carbocycles. The predicted octanol–water partition coefficient (Wildman–Crippen LogP) is 2.19. The summed E-state index contributed by atoms with van der Waals surface area (Å²) in [6, 6.07) is 5.34. The molecule has 0 radical (unpaired) electrons. The lowest BCUT2D eigenvalue weighted by Crippen LogP contribution is -2.43. The van der Waals surface area contributed by atoms with Crippen LogP contribution in [0.15, 0.2) is 30.4 Å². The number of nitrogens with one attached hydrogen (secondary N) is 2. The fraction of sp³-hybridized carbons (Fsp3) is 0.421. The lowest BCUT2D eigenvalue weighted by Gasteiger charge is -2.18. The van der Waals surface area contributed by atoms with Gasteiger partial charge in [-0.25, -0.2) is 4.79 Å². The smallest absolute Gasteiger partial charge is 0.320 e. The van der Waals surface area contributed by atoms with Crippen LogP contribution in [0.2, 0.25) is 0 Å². The molecule has 2 N–H and O–H groups in total. The zero-order valence-corrected chi connectivity index (χ0v) is 14.3. The molecule has 0 aromatic heterocycles. The first-order valence-corrected chi connectivity index (χ1v) is 8.62. The molecule has 1 aromatic rings. The molecule has 4 amide bonds. The number of benzene rings is 1. The van der Waals surface area contributed by atoms with Crippen LogP contribution in [0.1, 0.15) is 17.5 Å². The second-order valence-corrected chi connectivity index (χ2v) is 7.16. The molecular formula is C19H21N3O3. The van der Waals surface area contributed by atoms with Gasteiger partial charge in [-0.15, -0.1) is 0 Å². The van der Waals surface area contributed by atoms with Crippen LogP contribution in [-0.4, -0.2) is 29.4 Å². The SMILES string of the molecule is Cc1cccc(C)c1NC(=O)NCN1C(=O)C2C3C=CC(C3)C2C1=O. The molecule has 2 aliphatic carbocycles. The van der Waals surface area contributed by atoms with Gasteiger partial charge in [0, 0.05) is 5.69 Å². The largest absolute Gasteiger partial charge is 0.320 e. The minimum absolute atomic E-state index is 0.0825. The van der Waals surface area contributed by atoms with Crippen molar-refractivity contribution in [2.45, 2.75) is 20.3 Å². The number of carbonyl (C=O) groups is 3. The monoisotopic (exact) mass is 339 g/mol. The summed E-state index contributed by atoms with van der Waals surface area (Å²) in [5.74, 6) is -0.407. The van der Waals surface area contributed by atoms with Crippen molar-refractivity contribution < 1.29 is 14.4 Å². The maximum atomic E-state index is 12.6. The molecule has 25 heavy (non-hydrogen) atoms. The Morgan fingerprint density at radius 3 is 2.20 bits per heavy atom. The Kier molecular flexibility index (Phi) is 3.63. The van der Waals surface area contributed by atoms with Crippen LogP contribution in [0.25, 0.3) is 0 Å². The second kappa shape index (κ2) is 5.72. The molecule has 2 bridgehead atoms. The summed E-state index contributed by atoms with van der Waals surface area (Å²) in [6.07, 6.45) is 5.02. The van der Waals surface area contributed by atoms with Gasteiger partial charge in [0.05, 0.1) is 11.8 Å². The molecule has 1 aliphatic heterocycles. The number of rotatable bonds is 3. The maximum absolute atomic E-state index is 12.6. The highest BCUT2D eigenvalue weighted by Crippen LogP contribution is 2.52. The van der Waals surface area contributed by atoms with Crippen molar-refractivity contribution in [1.29, 1.82) is 0 Å². The Balaban J connectivity index is 1.40. The van der Waals surface area contributed by atoms with Gasteiger partial charge in [0.2, 0.25) is 11.8 Å². The van der Waals surface area contributed by atoms with Gasteiger partial charge >= 0.3 is 6.03 Å². The standard InChI is InChI=1S/C19H21N3O3/c1-10-4-3-5-11(2)16(10)21-19(25)20-9-22-17(23)14-12-6-7-13(8-12)15(14)18(22)24/h3-7,12-15H,8-9H2,1-2H3,(H2,20,21,25). The Hall–Kier alpha value is -2.63. The van der Waals surface area contributed by atoms with Crippen LogP contribution >= 0.6 is 0 Å². The molecule has 4 unspecified atom stereocenters. The Morgan fingerprint density at radius 1 is 1.08 bits per heavy atom. The van der Waals surface area contributed by atoms with E-state index in [-0.39, 0.29) is 42.2 Å².